The Kier molecular flexibility index (Phi) is 5.68. The van der Waals surface area contributed by atoms with E-state index in [0.717, 1.165) is 29.8 Å². The summed E-state index contributed by atoms with van der Waals surface area (Å²) in [5.74, 6) is -0.796. The third-order valence-electron chi connectivity index (χ3n) is 4.89. The van der Waals surface area contributed by atoms with Gasteiger partial charge in [-0.15, -0.1) is 0 Å². The smallest absolute Gasteiger partial charge is 0.351 e. The molecule has 3 N–H and O–H groups in total. The summed E-state index contributed by atoms with van der Waals surface area (Å²) >= 11 is 0. The Morgan fingerprint density at radius 2 is 1.56 bits per heavy atom. The molecule has 0 saturated heterocycles. The molecule has 0 aliphatic rings. The number of halogens is 3. The molecule has 0 unspecified atom stereocenters. The highest BCUT2D eigenvalue weighted by Gasteiger charge is 2.30. The van der Waals surface area contributed by atoms with Crippen LogP contribution in [-0.4, -0.2) is 16.8 Å². The van der Waals surface area contributed by atoms with Crippen LogP contribution in [0.2, 0.25) is 0 Å². The summed E-state index contributed by atoms with van der Waals surface area (Å²) in [5, 5.41) is 6.21. The van der Waals surface area contributed by atoms with E-state index < -0.39 is 17.6 Å². The molecule has 0 atom stereocenters. The second-order valence-electron chi connectivity index (χ2n) is 7.18. The largest absolute Gasteiger partial charge is 0.416 e. The lowest BCUT2D eigenvalue weighted by atomic mass is 10.1. The molecule has 0 spiro atoms. The molecule has 3 aromatic carbocycles. The van der Waals surface area contributed by atoms with Gasteiger partial charge in [0.25, 0.3) is 11.8 Å². The standard InChI is InChI=1S/C24H18F3N3O2/c25-24(26,27)18-8-6-16(7-9-18)22(31)29-19-10-11-20-17(12-19)13-21(30-20)23(32)28-14-15-4-2-1-3-5-15/h1-13,30H,14H2,(H,28,32)(H,29,31). The van der Waals surface area contributed by atoms with Gasteiger partial charge in [0.05, 0.1) is 5.56 Å². The summed E-state index contributed by atoms with van der Waals surface area (Å²) in [6.45, 7) is 0.392. The van der Waals surface area contributed by atoms with Gasteiger partial charge in [0.15, 0.2) is 0 Å². The first-order chi connectivity index (χ1) is 15.3. The number of fused-ring (bicyclic) bond motifs is 1. The van der Waals surface area contributed by atoms with Gasteiger partial charge in [-0.2, -0.15) is 13.2 Å². The molecule has 162 valence electrons. The second-order valence-corrected chi connectivity index (χ2v) is 7.18. The van der Waals surface area contributed by atoms with E-state index in [4.69, 9.17) is 0 Å². The quantitative estimate of drug-likeness (QED) is 0.393. The first-order valence-corrected chi connectivity index (χ1v) is 9.73. The summed E-state index contributed by atoms with van der Waals surface area (Å²) < 4.78 is 38.0. The van der Waals surface area contributed by atoms with Gasteiger partial charge in [0.1, 0.15) is 5.69 Å². The van der Waals surface area contributed by atoms with E-state index in [9.17, 15) is 22.8 Å². The molecule has 4 aromatic rings. The van der Waals surface area contributed by atoms with Gasteiger partial charge in [-0.25, -0.2) is 0 Å². The summed E-state index contributed by atoms with van der Waals surface area (Å²) in [4.78, 5) is 27.9. The number of benzene rings is 3. The SMILES string of the molecule is O=C(Nc1ccc2[nH]c(C(=O)NCc3ccccc3)cc2c1)c1ccc(C(F)(F)F)cc1. The molecule has 4 rings (SSSR count). The highest BCUT2D eigenvalue weighted by Crippen LogP contribution is 2.29. The minimum atomic E-state index is -4.46. The van der Waals surface area contributed by atoms with Crippen LogP contribution in [-0.2, 0) is 12.7 Å². The normalized spacial score (nSPS) is 11.3. The fraction of sp³-hybridized carbons (Fsp3) is 0.0833. The number of aromatic nitrogens is 1. The molecule has 0 aliphatic carbocycles. The number of nitrogens with one attached hydrogen (secondary N) is 3. The molecule has 0 saturated carbocycles. The highest BCUT2D eigenvalue weighted by atomic mass is 19.4. The van der Waals surface area contributed by atoms with Crippen molar-refractivity contribution in [3.8, 4) is 0 Å². The van der Waals surface area contributed by atoms with Gasteiger partial charge in [0, 0.05) is 28.7 Å². The molecule has 5 nitrogen and oxygen atoms in total. The molecule has 0 aliphatic heterocycles. The van der Waals surface area contributed by atoms with Crippen LogP contribution >= 0.6 is 0 Å². The zero-order valence-corrected chi connectivity index (χ0v) is 16.7. The lowest BCUT2D eigenvalue weighted by Gasteiger charge is -2.08. The molecule has 0 fully saturated rings. The average Bonchev–Trinajstić information content (AvgIpc) is 3.21. The van der Waals surface area contributed by atoms with Crippen molar-refractivity contribution in [2.75, 3.05) is 5.32 Å². The maximum Gasteiger partial charge on any atom is 0.416 e. The molecular formula is C24H18F3N3O2. The van der Waals surface area contributed by atoms with E-state index in [1.807, 2.05) is 30.3 Å². The first kappa shape index (κ1) is 21.2. The van der Waals surface area contributed by atoms with E-state index in [-0.39, 0.29) is 11.5 Å². The zero-order chi connectivity index (χ0) is 22.7. The van der Waals surface area contributed by atoms with E-state index in [2.05, 4.69) is 15.6 Å². The molecule has 1 heterocycles. The van der Waals surface area contributed by atoms with Crippen molar-refractivity contribution in [3.05, 3.63) is 101 Å². The van der Waals surface area contributed by atoms with Crippen molar-refractivity contribution in [2.45, 2.75) is 12.7 Å². The maximum atomic E-state index is 12.7. The van der Waals surface area contributed by atoms with Crippen molar-refractivity contribution in [1.82, 2.24) is 10.3 Å². The lowest BCUT2D eigenvalue weighted by molar-refractivity contribution is -0.137. The second kappa shape index (κ2) is 8.58. The van der Waals surface area contributed by atoms with Gasteiger partial charge in [0.2, 0.25) is 0 Å². The Hall–Kier alpha value is -4.07. The first-order valence-electron chi connectivity index (χ1n) is 9.73. The molecule has 0 radical (unpaired) electrons. The predicted molar refractivity (Wildman–Crippen MR) is 115 cm³/mol. The molecule has 0 bridgehead atoms. The fourth-order valence-corrected chi connectivity index (χ4v) is 3.22. The average molecular weight is 437 g/mol. The number of carbonyl (C=O) groups is 2. The summed E-state index contributed by atoms with van der Waals surface area (Å²) in [6, 6.07) is 20.2. The van der Waals surface area contributed by atoms with Gasteiger partial charge >= 0.3 is 6.18 Å². The number of aromatic amines is 1. The number of alkyl halides is 3. The van der Waals surface area contributed by atoms with Gasteiger partial charge in [-0.05, 0) is 54.1 Å². The fourth-order valence-electron chi connectivity index (χ4n) is 3.22. The van der Waals surface area contributed by atoms with E-state index in [1.54, 1.807) is 24.3 Å². The summed E-state index contributed by atoms with van der Waals surface area (Å²) in [6.07, 6.45) is -4.46. The Morgan fingerprint density at radius 1 is 0.844 bits per heavy atom. The van der Waals surface area contributed by atoms with Crippen LogP contribution < -0.4 is 10.6 Å². The number of rotatable bonds is 5. The minimum absolute atomic E-state index is 0.105. The number of hydrogen-bond acceptors (Lipinski definition) is 2. The Bertz CT molecular complexity index is 1260. The van der Waals surface area contributed by atoms with Crippen molar-refractivity contribution in [1.29, 1.82) is 0 Å². The topological polar surface area (TPSA) is 74.0 Å². The maximum absolute atomic E-state index is 12.7. The van der Waals surface area contributed by atoms with Crippen LogP contribution in [0, 0.1) is 0 Å². The third-order valence-corrected chi connectivity index (χ3v) is 4.89. The number of carbonyl (C=O) groups excluding carboxylic acids is 2. The van der Waals surface area contributed by atoms with Gasteiger partial charge < -0.3 is 15.6 Å². The van der Waals surface area contributed by atoms with Gasteiger partial charge in [-0.1, -0.05) is 30.3 Å². The van der Waals surface area contributed by atoms with Crippen LogP contribution in [0.15, 0.2) is 78.9 Å². The van der Waals surface area contributed by atoms with Crippen molar-refractivity contribution in [2.24, 2.45) is 0 Å². The lowest BCUT2D eigenvalue weighted by Crippen LogP contribution is -2.22. The molecule has 32 heavy (non-hydrogen) atoms. The number of hydrogen-bond donors (Lipinski definition) is 3. The molecular weight excluding hydrogens is 419 g/mol. The van der Waals surface area contributed by atoms with Gasteiger partial charge in [-0.3, -0.25) is 9.59 Å². The van der Waals surface area contributed by atoms with Crippen LogP contribution in [0.1, 0.15) is 32.0 Å². The van der Waals surface area contributed by atoms with E-state index in [1.165, 1.54) is 0 Å². The van der Waals surface area contributed by atoms with E-state index >= 15 is 0 Å². The summed E-state index contributed by atoms with van der Waals surface area (Å²) in [7, 11) is 0. The molecule has 8 heteroatoms. The molecule has 2 amide bonds. The third kappa shape index (κ3) is 4.80. The number of amides is 2. The molecule has 1 aromatic heterocycles. The van der Waals surface area contributed by atoms with Crippen molar-refractivity contribution >= 4 is 28.4 Å². The summed E-state index contributed by atoms with van der Waals surface area (Å²) in [5.41, 5.74) is 1.81. The predicted octanol–water partition coefficient (Wildman–Crippen LogP) is 5.37. The van der Waals surface area contributed by atoms with Crippen LogP contribution in [0.4, 0.5) is 18.9 Å². The Balaban J connectivity index is 1.44. The highest BCUT2D eigenvalue weighted by molar-refractivity contribution is 6.05. The minimum Gasteiger partial charge on any atom is -0.351 e. The van der Waals surface area contributed by atoms with Crippen molar-refractivity contribution < 1.29 is 22.8 Å². The Labute approximate surface area is 181 Å². The van der Waals surface area contributed by atoms with Crippen LogP contribution in [0.25, 0.3) is 10.9 Å². The van der Waals surface area contributed by atoms with E-state index in [0.29, 0.717) is 28.8 Å². The van der Waals surface area contributed by atoms with Crippen LogP contribution in [0.3, 0.4) is 0 Å². The van der Waals surface area contributed by atoms with Crippen LogP contribution in [0.5, 0.6) is 0 Å². The Morgan fingerprint density at radius 3 is 2.25 bits per heavy atom. The zero-order valence-electron chi connectivity index (χ0n) is 16.7. The van der Waals surface area contributed by atoms with Crippen molar-refractivity contribution in [3.63, 3.8) is 0 Å². The monoisotopic (exact) mass is 437 g/mol. The number of anilines is 1. The number of H-pyrrole nitrogens is 1.